The lowest BCUT2D eigenvalue weighted by Crippen LogP contribution is -2.18. The minimum absolute atomic E-state index is 0.223. The molecule has 0 spiro atoms. The first-order valence-corrected chi connectivity index (χ1v) is 9.92. The maximum absolute atomic E-state index is 6.30. The van der Waals surface area contributed by atoms with Crippen molar-refractivity contribution in [2.45, 2.75) is 26.3 Å². The Morgan fingerprint density at radius 1 is 1.00 bits per heavy atom. The highest BCUT2D eigenvalue weighted by Crippen LogP contribution is 2.44. The van der Waals surface area contributed by atoms with E-state index in [4.69, 9.17) is 16.3 Å². The molecule has 0 aliphatic heterocycles. The summed E-state index contributed by atoms with van der Waals surface area (Å²) in [5.74, 6) is 0.806. The number of halogens is 1. The largest absolute Gasteiger partial charge is 0.479 e. The minimum Gasteiger partial charge on any atom is -0.479 e. The molecule has 0 radical (unpaired) electrons. The summed E-state index contributed by atoms with van der Waals surface area (Å²) in [5.41, 5.74) is 8.64. The van der Waals surface area contributed by atoms with Gasteiger partial charge in [0, 0.05) is 17.5 Å². The van der Waals surface area contributed by atoms with E-state index in [1.54, 1.807) is 0 Å². The highest BCUT2D eigenvalue weighted by Gasteiger charge is 2.28. The second-order valence-corrected chi connectivity index (χ2v) is 7.75. The van der Waals surface area contributed by atoms with E-state index in [2.05, 4.69) is 73.4 Å². The van der Waals surface area contributed by atoms with Gasteiger partial charge in [-0.3, -0.25) is 0 Å². The van der Waals surface area contributed by atoms with E-state index in [1.807, 2.05) is 13.0 Å². The molecule has 0 unspecified atom stereocenters. The molecule has 0 aromatic heterocycles. The average Bonchev–Trinajstić information content (AvgIpc) is 3.02. The minimum atomic E-state index is 0.223. The Morgan fingerprint density at radius 2 is 1.61 bits per heavy atom. The van der Waals surface area contributed by atoms with Crippen molar-refractivity contribution in [1.82, 2.24) is 5.32 Å². The molecule has 28 heavy (non-hydrogen) atoms. The van der Waals surface area contributed by atoms with Crippen molar-refractivity contribution in [3.8, 4) is 11.1 Å². The van der Waals surface area contributed by atoms with E-state index in [0.717, 1.165) is 21.7 Å². The molecular formula is C25H24ClNO. The lowest BCUT2D eigenvalue weighted by atomic mass is 9.98. The van der Waals surface area contributed by atoms with Crippen LogP contribution in [0.25, 0.3) is 11.1 Å². The maximum atomic E-state index is 6.30. The normalized spacial score (nSPS) is 12.4. The smallest absolute Gasteiger partial charge is 0.179 e. The number of ether oxygens (including phenoxy) is 1. The molecule has 0 bridgehead atoms. The van der Waals surface area contributed by atoms with E-state index in [0.29, 0.717) is 19.0 Å². The van der Waals surface area contributed by atoms with Crippen LogP contribution in [0.2, 0.25) is 5.02 Å². The number of nitrogens with one attached hydrogen (secondary N) is 1. The van der Waals surface area contributed by atoms with Gasteiger partial charge in [0.05, 0.1) is 0 Å². The summed E-state index contributed by atoms with van der Waals surface area (Å²) in [6.07, 6.45) is 0. The van der Waals surface area contributed by atoms with Gasteiger partial charge >= 0.3 is 0 Å². The maximum Gasteiger partial charge on any atom is 0.179 e. The molecule has 0 heterocycles. The predicted octanol–water partition coefficient (Wildman–Crippen LogP) is 6.35. The lowest BCUT2D eigenvalue weighted by molar-refractivity contribution is 0.184. The zero-order chi connectivity index (χ0) is 19.7. The molecular weight excluding hydrogens is 366 g/mol. The molecule has 142 valence electrons. The van der Waals surface area contributed by atoms with Gasteiger partial charge in [-0.2, -0.15) is 0 Å². The molecule has 3 aromatic carbocycles. The molecule has 1 aliphatic carbocycles. The van der Waals surface area contributed by atoms with Crippen molar-refractivity contribution in [2.75, 3.05) is 6.61 Å². The Kier molecular flexibility index (Phi) is 5.15. The van der Waals surface area contributed by atoms with Crippen LogP contribution in [-0.4, -0.2) is 6.61 Å². The zero-order valence-electron chi connectivity index (χ0n) is 16.3. The number of fused-ring (bicyclic) bond motifs is 3. The summed E-state index contributed by atoms with van der Waals surface area (Å²) < 4.78 is 6.02. The van der Waals surface area contributed by atoms with Crippen molar-refractivity contribution in [2.24, 2.45) is 0 Å². The molecule has 0 amide bonds. The van der Waals surface area contributed by atoms with Gasteiger partial charge in [0.15, 0.2) is 5.88 Å². The standard InChI is InChI=1S/C25H24ClNO/c1-16-12-19(17(2)25(26)13-16)14-27-18(3)28-15-24-22-10-6-4-8-20(22)21-9-5-7-11-23(21)24/h4-13,24,27H,3,14-15H2,1-2H3. The number of benzene rings is 3. The highest BCUT2D eigenvalue weighted by molar-refractivity contribution is 6.31. The Hall–Kier alpha value is -2.71. The van der Waals surface area contributed by atoms with E-state index in [1.165, 1.54) is 22.3 Å². The Balaban J connectivity index is 1.43. The fourth-order valence-electron chi connectivity index (χ4n) is 3.94. The highest BCUT2D eigenvalue weighted by atomic mass is 35.5. The summed E-state index contributed by atoms with van der Waals surface area (Å²) in [5, 5.41) is 4.08. The van der Waals surface area contributed by atoms with Crippen LogP contribution in [0.1, 0.15) is 33.7 Å². The van der Waals surface area contributed by atoms with Gasteiger partial charge in [-0.25, -0.2) is 0 Å². The molecule has 3 heteroatoms. The van der Waals surface area contributed by atoms with Crippen LogP contribution in [0.3, 0.4) is 0 Å². The summed E-state index contributed by atoms with van der Waals surface area (Å²) in [6, 6.07) is 21.3. The number of hydrogen-bond acceptors (Lipinski definition) is 2. The Labute approximate surface area is 171 Å². The Bertz CT molecular complexity index is 995. The third-order valence-corrected chi connectivity index (χ3v) is 5.85. The van der Waals surface area contributed by atoms with Crippen LogP contribution in [0.15, 0.2) is 73.1 Å². The first-order chi connectivity index (χ1) is 13.5. The summed E-state index contributed by atoms with van der Waals surface area (Å²) in [7, 11) is 0. The SMILES string of the molecule is C=C(NCc1cc(C)cc(Cl)c1C)OCC1c2ccccc2-c2ccccc21. The van der Waals surface area contributed by atoms with E-state index in [9.17, 15) is 0 Å². The van der Waals surface area contributed by atoms with E-state index >= 15 is 0 Å². The van der Waals surface area contributed by atoms with E-state index in [-0.39, 0.29) is 5.92 Å². The molecule has 2 nitrogen and oxygen atoms in total. The molecule has 4 rings (SSSR count). The van der Waals surface area contributed by atoms with Crippen molar-refractivity contribution in [3.05, 3.63) is 106 Å². The van der Waals surface area contributed by atoms with Gasteiger partial charge < -0.3 is 10.1 Å². The Morgan fingerprint density at radius 3 is 2.25 bits per heavy atom. The van der Waals surface area contributed by atoms with Crippen molar-refractivity contribution in [3.63, 3.8) is 0 Å². The van der Waals surface area contributed by atoms with Crippen LogP contribution >= 0.6 is 11.6 Å². The molecule has 3 aromatic rings. The number of rotatable bonds is 6. The van der Waals surface area contributed by atoms with Gasteiger partial charge in [-0.05, 0) is 65.4 Å². The van der Waals surface area contributed by atoms with Gasteiger partial charge in [0.25, 0.3) is 0 Å². The summed E-state index contributed by atoms with van der Waals surface area (Å²) in [6.45, 7) is 9.34. The predicted molar refractivity (Wildman–Crippen MR) is 117 cm³/mol. The summed E-state index contributed by atoms with van der Waals surface area (Å²) in [4.78, 5) is 0. The number of hydrogen-bond donors (Lipinski definition) is 1. The lowest BCUT2D eigenvalue weighted by Gasteiger charge is -2.18. The third-order valence-electron chi connectivity index (χ3n) is 5.46. The van der Waals surface area contributed by atoms with Crippen molar-refractivity contribution < 1.29 is 4.74 Å². The van der Waals surface area contributed by atoms with Crippen LogP contribution < -0.4 is 5.32 Å². The van der Waals surface area contributed by atoms with Crippen LogP contribution in [0.4, 0.5) is 0 Å². The van der Waals surface area contributed by atoms with Gasteiger partial charge in [-0.15, -0.1) is 0 Å². The van der Waals surface area contributed by atoms with Crippen LogP contribution in [-0.2, 0) is 11.3 Å². The van der Waals surface area contributed by atoms with E-state index < -0.39 is 0 Å². The fraction of sp³-hybridized carbons (Fsp3) is 0.200. The second-order valence-electron chi connectivity index (χ2n) is 7.35. The van der Waals surface area contributed by atoms with Gasteiger partial charge in [-0.1, -0.05) is 66.2 Å². The van der Waals surface area contributed by atoms with Crippen LogP contribution in [0, 0.1) is 13.8 Å². The molecule has 0 saturated carbocycles. The van der Waals surface area contributed by atoms with Crippen LogP contribution in [0.5, 0.6) is 0 Å². The third kappa shape index (κ3) is 3.53. The molecule has 1 N–H and O–H groups in total. The quantitative estimate of drug-likeness (QED) is 0.496. The molecule has 0 atom stereocenters. The van der Waals surface area contributed by atoms with Gasteiger partial charge in [0.1, 0.15) is 6.61 Å². The summed E-state index contributed by atoms with van der Waals surface area (Å²) >= 11 is 6.30. The molecule has 0 saturated heterocycles. The monoisotopic (exact) mass is 389 g/mol. The topological polar surface area (TPSA) is 21.3 Å². The van der Waals surface area contributed by atoms with Crippen molar-refractivity contribution >= 4 is 11.6 Å². The first kappa shape index (κ1) is 18.6. The molecule has 1 aliphatic rings. The first-order valence-electron chi connectivity index (χ1n) is 9.54. The second kappa shape index (κ2) is 7.73. The number of aryl methyl sites for hydroxylation is 1. The zero-order valence-corrected chi connectivity index (χ0v) is 17.0. The molecule has 0 fully saturated rings. The van der Waals surface area contributed by atoms with Gasteiger partial charge in [0.2, 0.25) is 0 Å². The average molecular weight is 390 g/mol. The fourth-order valence-corrected chi connectivity index (χ4v) is 4.23. The van der Waals surface area contributed by atoms with Crippen molar-refractivity contribution in [1.29, 1.82) is 0 Å².